The number of amides is 1. The van der Waals surface area contributed by atoms with Crippen LogP contribution in [0.2, 0.25) is 0 Å². The molecule has 1 amide bonds. The Kier molecular flexibility index (Phi) is 6.84. The van der Waals surface area contributed by atoms with Crippen LogP contribution in [0.25, 0.3) is 0 Å². The molecule has 0 atom stereocenters. The second-order valence-electron chi connectivity index (χ2n) is 6.94. The Morgan fingerprint density at radius 1 is 1.11 bits per heavy atom. The molecule has 0 heterocycles. The zero-order chi connectivity index (χ0) is 14.4. The van der Waals surface area contributed by atoms with E-state index >= 15 is 0 Å². The minimum atomic E-state index is 0.228. The molecular weight excluding hydrogens is 236 g/mol. The molecule has 1 saturated carbocycles. The molecule has 0 spiro atoms. The SMILES string of the molecule is CC(C)C(CNC(=O)CC1CCC(N)CC1)C(C)C. The van der Waals surface area contributed by atoms with Crippen molar-refractivity contribution in [2.75, 3.05) is 6.54 Å². The van der Waals surface area contributed by atoms with Crippen LogP contribution in [0.4, 0.5) is 0 Å². The molecule has 0 aromatic heterocycles. The van der Waals surface area contributed by atoms with Crippen LogP contribution in [-0.2, 0) is 4.79 Å². The van der Waals surface area contributed by atoms with Gasteiger partial charge in [-0.25, -0.2) is 0 Å². The highest BCUT2D eigenvalue weighted by atomic mass is 16.1. The lowest BCUT2D eigenvalue weighted by atomic mass is 9.84. The number of rotatable bonds is 6. The molecule has 0 aromatic rings. The number of hydrogen-bond acceptors (Lipinski definition) is 2. The summed E-state index contributed by atoms with van der Waals surface area (Å²) in [7, 11) is 0. The van der Waals surface area contributed by atoms with Crippen molar-refractivity contribution in [3.63, 3.8) is 0 Å². The summed E-state index contributed by atoms with van der Waals surface area (Å²) in [6, 6.07) is 0.366. The summed E-state index contributed by atoms with van der Waals surface area (Å²) < 4.78 is 0. The summed E-state index contributed by atoms with van der Waals surface area (Å²) in [5.74, 6) is 2.59. The molecule has 1 rings (SSSR count). The third-order valence-electron chi connectivity index (χ3n) is 4.61. The van der Waals surface area contributed by atoms with E-state index in [1.54, 1.807) is 0 Å². The van der Waals surface area contributed by atoms with Gasteiger partial charge >= 0.3 is 0 Å². The zero-order valence-electron chi connectivity index (χ0n) is 13.1. The first-order valence-corrected chi connectivity index (χ1v) is 7.92. The fourth-order valence-electron chi connectivity index (χ4n) is 3.20. The lowest BCUT2D eigenvalue weighted by molar-refractivity contribution is -0.122. The van der Waals surface area contributed by atoms with Gasteiger partial charge in [0.1, 0.15) is 0 Å². The number of nitrogens with one attached hydrogen (secondary N) is 1. The van der Waals surface area contributed by atoms with E-state index in [9.17, 15) is 4.79 Å². The predicted octanol–water partition coefficient (Wildman–Crippen LogP) is 2.94. The Balaban J connectivity index is 2.27. The van der Waals surface area contributed by atoms with E-state index < -0.39 is 0 Å². The van der Waals surface area contributed by atoms with Crippen LogP contribution in [-0.4, -0.2) is 18.5 Å². The highest BCUT2D eigenvalue weighted by Gasteiger charge is 2.22. The Labute approximate surface area is 118 Å². The maximum Gasteiger partial charge on any atom is 0.220 e. The predicted molar refractivity (Wildman–Crippen MR) is 80.7 cm³/mol. The third-order valence-corrected chi connectivity index (χ3v) is 4.61. The van der Waals surface area contributed by atoms with E-state index in [0.717, 1.165) is 32.2 Å². The molecule has 1 aliphatic rings. The quantitative estimate of drug-likeness (QED) is 0.778. The van der Waals surface area contributed by atoms with Gasteiger partial charge in [-0.2, -0.15) is 0 Å². The molecule has 1 aliphatic carbocycles. The molecule has 1 fully saturated rings. The van der Waals surface area contributed by atoms with Gasteiger partial charge in [0.25, 0.3) is 0 Å². The molecule has 3 heteroatoms. The molecule has 0 aliphatic heterocycles. The van der Waals surface area contributed by atoms with Crippen LogP contribution < -0.4 is 11.1 Å². The third kappa shape index (κ3) is 5.94. The second kappa shape index (κ2) is 7.88. The van der Waals surface area contributed by atoms with Crippen LogP contribution >= 0.6 is 0 Å². The summed E-state index contributed by atoms with van der Waals surface area (Å²) in [5, 5.41) is 3.13. The van der Waals surface area contributed by atoms with Gasteiger partial charge in [0.15, 0.2) is 0 Å². The van der Waals surface area contributed by atoms with E-state index in [1.807, 2.05) is 0 Å². The molecule has 0 bridgehead atoms. The van der Waals surface area contributed by atoms with Crippen LogP contribution in [0.3, 0.4) is 0 Å². The number of nitrogens with two attached hydrogens (primary N) is 1. The maximum absolute atomic E-state index is 12.0. The smallest absolute Gasteiger partial charge is 0.220 e. The highest BCUT2D eigenvalue weighted by Crippen LogP contribution is 2.26. The summed E-state index contributed by atoms with van der Waals surface area (Å²) in [6.45, 7) is 9.76. The molecule has 3 nitrogen and oxygen atoms in total. The minimum Gasteiger partial charge on any atom is -0.356 e. The van der Waals surface area contributed by atoms with Crippen molar-refractivity contribution in [3.05, 3.63) is 0 Å². The van der Waals surface area contributed by atoms with Crippen molar-refractivity contribution >= 4 is 5.91 Å². The average Bonchev–Trinajstić information content (AvgIpc) is 2.31. The first kappa shape index (κ1) is 16.5. The fourth-order valence-corrected chi connectivity index (χ4v) is 3.20. The Bertz CT molecular complexity index is 260. The van der Waals surface area contributed by atoms with E-state index in [0.29, 0.717) is 36.1 Å². The van der Waals surface area contributed by atoms with Gasteiger partial charge in [-0.05, 0) is 49.4 Å². The molecule has 19 heavy (non-hydrogen) atoms. The van der Waals surface area contributed by atoms with Crippen molar-refractivity contribution in [3.8, 4) is 0 Å². The molecule has 0 unspecified atom stereocenters. The minimum absolute atomic E-state index is 0.228. The molecule has 0 radical (unpaired) electrons. The van der Waals surface area contributed by atoms with Gasteiger partial charge in [-0.1, -0.05) is 27.7 Å². The highest BCUT2D eigenvalue weighted by molar-refractivity contribution is 5.76. The van der Waals surface area contributed by atoms with Crippen molar-refractivity contribution in [1.29, 1.82) is 0 Å². The topological polar surface area (TPSA) is 55.1 Å². The summed E-state index contributed by atoms with van der Waals surface area (Å²) in [4.78, 5) is 12.0. The van der Waals surface area contributed by atoms with E-state index in [-0.39, 0.29) is 5.91 Å². The Morgan fingerprint density at radius 3 is 2.11 bits per heavy atom. The van der Waals surface area contributed by atoms with Crippen LogP contribution in [0.5, 0.6) is 0 Å². The summed E-state index contributed by atoms with van der Waals surface area (Å²) in [6.07, 6.45) is 5.09. The van der Waals surface area contributed by atoms with Gasteiger partial charge in [0, 0.05) is 19.0 Å². The number of carbonyl (C=O) groups is 1. The second-order valence-corrected chi connectivity index (χ2v) is 6.94. The molecule has 0 aromatic carbocycles. The standard InChI is InChI=1S/C16H32N2O/c1-11(2)15(12(3)4)10-18-16(19)9-13-5-7-14(17)8-6-13/h11-15H,5-10,17H2,1-4H3,(H,18,19). The lowest BCUT2D eigenvalue weighted by Crippen LogP contribution is -2.35. The maximum atomic E-state index is 12.0. The largest absolute Gasteiger partial charge is 0.356 e. The van der Waals surface area contributed by atoms with Gasteiger partial charge in [-0.3, -0.25) is 4.79 Å². The number of hydrogen-bond donors (Lipinski definition) is 2. The van der Waals surface area contributed by atoms with Gasteiger partial charge < -0.3 is 11.1 Å². The first-order valence-electron chi connectivity index (χ1n) is 7.92. The first-order chi connectivity index (χ1) is 8.90. The average molecular weight is 268 g/mol. The van der Waals surface area contributed by atoms with Crippen molar-refractivity contribution in [2.45, 2.75) is 65.8 Å². The van der Waals surface area contributed by atoms with E-state index in [2.05, 4.69) is 33.0 Å². The van der Waals surface area contributed by atoms with Gasteiger partial charge in [-0.15, -0.1) is 0 Å². The summed E-state index contributed by atoms with van der Waals surface area (Å²) >= 11 is 0. The molecule has 3 N–H and O–H groups in total. The van der Waals surface area contributed by atoms with Gasteiger partial charge in [0.05, 0.1) is 0 Å². The lowest BCUT2D eigenvalue weighted by Gasteiger charge is -2.27. The Hall–Kier alpha value is -0.570. The monoisotopic (exact) mass is 268 g/mol. The molecular formula is C16H32N2O. The van der Waals surface area contributed by atoms with Gasteiger partial charge in [0.2, 0.25) is 5.91 Å². The molecule has 112 valence electrons. The fraction of sp³-hybridized carbons (Fsp3) is 0.938. The normalized spacial score (nSPS) is 24.2. The van der Waals surface area contributed by atoms with Crippen LogP contribution in [0, 0.1) is 23.7 Å². The Morgan fingerprint density at radius 2 is 1.63 bits per heavy atom. The van der Waals surface area contributed by atoms with Crippen LogP contribution in [0.1, 0.15) is 59.8 Å². The number of carbonyl (C=O) groups excluding carboxylic acids is 1. The zero-order valence-corrected chi connectivity index (χ0v) is 13.1. The summed E-state index contributed by atoms with van der Waals surface area (Å²) in [5.41, 5.74) is 5.89. The van der Waals surface area contributed by atoms with Crippen molar-refractivity contribution in [2.24, 2.45) is 29.4 Å². The van der Waals surface area contributed by atoms with Crippen molar-refractivity contribution < 1.29 is 4.79 Å². The molecule has 0 saturated heterocycles. The van der Waals surface area contributed by atoms with E-state index in [1.165, 1.54) is 0 Å². The van der Waals surface area contributed by atoms with Crippen LogP contribution in [0.15, 0.2) is 0 Å². The van der Waals surface area contributed by atoms with Crippen molar-refractivity contribution in [1.82, 2.24) is 5.32 Å². The van der Waals surface area contributed by atoms with E-state index in [4.69, 9.17) is 5.73 Å².